The SMILES string of the molecule is COc1ccc([N+](=O)[O-])cc1-n1c(C)cc([C@H]2[C@@H](c3ccccn3)NC(=S)N2c2ccccc2)c1C. The Morgan fingerprint density at radius 1 is 1.06 bits per heavy atom. The minimum Gasteiger partial charge on any atom is -0.495 e. The number of nitro groups is 1. The van der Waals surface area contributed by atoms with Crippen LogP contribution in [0.4, 0.5) is 11.4 Å². The van der Waals surface area contributed by atoms with E-state index in [0.29, 0.717) is 16.5 Å². The summed E-state index contributed by atoms with van der Waals surface area (Å²) in [5, 5.41) is 15.6. The van der Waals surface area contributed by atoms with Crippen molar-refractivity contribution in [3.8, 4) is 11.4 Å². The highest BCUT2D eigenvalue weighted by atomic mass is 32.1. The molecule has 0 bridgehead atoms. The van der Waals surface area contributed by atoms with Crippen molar-refractivity contribution < 1.29 is 9.66 Å². The Bertz CT molecular complexity index is 1440. The normalized spacial score (nSPS) is 17.2. The molecule has 1 N–H and O–H groups in total. The predicted molar refractivity (Wildman–Crippen MR) is 143 cm³/mol. The topological polar surface area (TPSA) is 85.5 Å². The Kier molecular flexibility index (Phi) is 6.15. The van der Waals surface area contributed by atoms with Gasteiger partial charge in [-0.1, -0.05) is 24.3 Å². The number of rotatable bonds is 6. The Labute approximate surface area is 214 Å². The number of nitro benzene ring substituents is 1. The van der Waals surface area contributed by atoms with Crippen molar-refractivity contribution in [1.29, 1.82) is 0 Å². The molecule has 1 aliphatic heterocycles. The number of aryl methyl sites for hydroxylation is 1. The standard InChI is InChI=1S/C27H25N5O3S/c1-17-15-21(18(2)30(17)23-16-20(32(33)34)12-13-24(23)35-3)26-25(22-11-7-8-14-28-22)29-27(36)31(26)19-9-5-4-6-10-19/h4-16,25-26H,1-3H3,(H,29,36)/t25-,26+/m1/s1. The minimum atomic E-state index is -0.397. The second-order valence-electron chi connectivity index (χ2n) is 8.61. The van der Waals surface area contributed by atoms with E-state index in [1.54, 1.807) is 25.4 Å². The summed E-state index contributed by atoms with van der Waals surface area (Å²) in [4.78, 5) is 17.9. The summed E-state index contributed by atoms with van der Waals surface area (Å²) in [5.41, 5.74) is 5.35. The number of ether oxygens (including phenoxy) is 1. The number of thiocarbonyl (C=S) groups is 1. The number of benzene rings is 2. The van der Waals surface area contributed by atoms with Gasteiger partial charge in [-0.25, -0.2) is 0 Å². The first-order valence-corrected chi connectivity index (χ1v) is 11.9. The number of aromatic nitrogens is 2. The second kappa shape index (κ2) is 9.43. The Balaban J connectivity index is 1.70. The maximum Gasteiger partial charge on any atom is 0.271 e. The number of para-hydroxylation sites is 1. The smallest absolute Gasteiger partial charge is 0.271 e. The molecular weight excluding hydrogens is 474 g/mol. The molecule has 9 heteroatoms. The van der Waals surface area contributed by atoms with Crippen molar-refractivity contribution in [3.63, 3.8) is 0 Å². The third kappa shape index (κ3) is 3.97. The summed E-state index contributed by atoms with van der Waals surface area (Å²) >= 11 is 5.82. The van der Waals surface area contributed by atoms with Crippen LogP contribution in [-0.4, -0.2) is 26.7 Å². The van der Waals surface area contributed by atoms with E-state index in [2.05, 4.69) is 21.3 Å². The van der Waals surface area contributed by atoms with E-state index < -0.39 is 4.92 Å². The van der Waals surface area contributed by atoms with Gasteiger partial charge in [0.15, 0.2) is 5.11 Å². The largest absolute Gasteiger partial charge is 0.495 e. The lowest BCUT2D eigenvalue weighted by atomic mass is 9.96. The maximum atomic E-state index is 11.5. The van der Waals surface area contributed by atoms with Crippen LogP contribution in [0.1, 0.15) is 34.7 Å². The van der Waals surface area contributed by atoms with Gasteiger partial charge >= 0.3 is 0 Å². The van der Waals surface area contributed by atoms with Gasteiger partial charge in [-0.05, 0) is 68.0 Å². The average molecular weight is 500 g/mol. The Morgan fingerprint density at radius 3 is 2.47 bits per heavy atom. The van der Waals surface area contributed by atoms with Crippen LogP contribution in [0.25, 0.3) is 5.69 Å². The van der Waals surface area contributed by atoms with E-state index in [-0.39, 0.29) is 17.8 Å². The fourth-order valence-corrected chi connectivity index (χ4v) is 5.31. The van der Waals surface area contributed by atoms with Crippen molar-refractivity contribution in [2.24, 2.45) is 0 Å². The summed E-state index contributed by atoms with van der Waals surface area (Å²) in [6.07, 6.45) is 1.78. The average Bonchev–Trinajstić information content (AvgIpc) is 3.39. The van der Waals surface area contributed by atoms with Gasteiger partial charge in [-0.15, -0.1) is 0 Å². The molecule has 1 saturated heterocycles. The highest BCUT2D eigenvalue weighted by Crippen LogP contribution is 2.44. The molecule has 1 aliphatic rings. The van der Waals surface area contributed by atoms with Gasteiger partial charge < -0.3 is 19.5 Å². The van der Waals surface area contributed by atoms with Crippen LogP contribution in [-0.2, 0) is 0 Å². The molecule has 0 amide bonds. The number of hydrogen-bond acceptors (Lipinski definition) is 5. The molecule has 0 aliphatic carbocycles. The molecule has 2 aromatic heterocycles. The third-order valence-electron chi connectivity index (χ3n) is 6.54. The Hall–Kier alpha value is -4.24. The first kappa shape index (κ1) is 23.5. The van der Waals surface area contributed by atoms with Crippen LogP contribution in [0.15, 0.2) is 79.0 Å². The van der Waals surface area contributed by atoms with E-state index in [0.717, 1.165) is 28.3 Å². The fourth-order valence-electron chi connectivity index (χ4n) is 4.96. The fraction of sp³-hybridized carbons (Fsp3) is 0.185. The van der Waals surface area contributed by atoms with Gasteiger partial charge in [0.05, 0.1) is 35.5 Å². The third-order valence-corrected chi connectivity index (χ3v) is 6.85. The van der Waals surface area contributed by atoms with Crippen LogP contribution >= 0.6 is 12.2 Å². The van der Waals surface area contributed by atoms with Gasteiger partial charge in [0.2, 0.25) is 0 Å². The van der Waals surface area contributed by atoms with Crippen molar-refractivity contribution in [1.82, 2.24) is 14.9 Å². The molecule has 0 unspecified atom stereocenters. The number of methoxy groups -OCH3 is 1. The number of nitrogens with zero attached hydrogens (tertiary/aromatic N) is 4. The summed E-state index contributed by atoms with van der Waals surface area (Å²) < 4.78 is 7.58. The minimum absolute atomic E-state index is 0.000773. The van der Waals surface area contributed by atoms with Crippen LogP contribution in [0.3, 0.4) is 0 Å². The highest BCUT2D eigenvalue weighted by Gasteiger charge is 2.42. The van der Waals surface area contributed by atoms with Crippen LogP contribution < -0.4 is 15.0 Å². The van der Waals surface area contributed by atoms with Crippen molar-refractivity contribution in [3.05, 3.63) is 112 Å². The van der Waals surface area contributed by atoms with Crippen molar-refractivity contribution >= 4 is 28.7 Å². The molecule has 182 valence electrons. The van der Waals surface area contributed by atoms with E-state index >= 15 is 0 Å². The quantitative estimate of drug-likeness (QED) is 0.210. The van der Waals surface area contributed by atoms with Gasteiger partial charge in [0.25, 0.3) is 5.69 Å². The molecule has 1 fully saturated rings. The zero-order valence-corrected chi connectivity index (χ0v) is 20.9. The van der Waals surface area contributed by atoms with Crippen LogP contribution in [0, 0.1) is 24.0 Å². The van der Waals surface area contributed by atoms with Gasteiger partial charge in [0.1, 0.15) is 5.75 Å². The monoisotopic (exact) mass is 499 g/mol. The maximum absolute atomic E-state index is 11.5. The molecule has 3 heterocycles. The molecule has 8 nitrogen and oxygen atoms in total. The van der Waals surface area contributed by atoms with E-state index in [1.165, 1.54) is 6.07 Å². The number of anilines is 1. The summed E-state index contributed by atoms with van der Waals surface area (Å²) in [6, 6.07) is 22.2. The lowest BCUT2D eigenvalue weighted by Gasteiger charge is -2.28. The van der Waals surface area contributed by atoms with Crippen LogP contribution in [0.2, 0.25) is 0 Å². The lowest BCUT2D eigenvalue weighted by molar-refractivity contribution is -0.384. The molecule has 2 aromatic carbocycles. The zero-order valence-electron chi connectivity index (χ0n) is 20.1. The molecule has 2 atom stereocenters. The molecular formula is C27H25N5O3S. The molecule has 0 radical (unpaired) electrons. The van der Waals surface area contributed by atoms with E-state index in [9.17, 15) is 10.1 Å². The second-order valence-corrected chi connectivity index (χ2v) is 8.99. The molecule has 36 heavy (non-hydrogen) atoms. The lowest BCUT2D eigenvalue weighted by Crippen LogP contribution is -2.29. The number of non-ortho nitro benzene ring substituents is 1. The van der Waals surface area contributed by atoms with Crippen molar-refractivity contribution in [2.75, 3.05) is 12.0 Å². The number of pyridine rings is 1. The summed E-state index contributed by atoms with van der Waals surface area (Å²) in [5.74, 6) is 0.551. The first-order valence-electron chi connectivity index (χ1n) is 11.5. The van der Waals surface area contributed by atoms with E-state index in [1.807, 2.05) is 66.9 Å². The van der Waals surface area contributed by atoms with Gasteiger partial charge in [0, 0.05) is 35.4 Å². The van der Waals surface area contributed by atoms with E-state index in [4.69, 9.17) is 17.0 Å². The van der Waals surface area contributed by atoms with Gasteiger partial charge in [-0.2, -0.15) is 0 Å². The molecule has 0 saturated carbocycles. The Morgan fingerprint density at radius 2 is 1.81 bits per heavy atom. The highest BCUT2D eigenvalue weighted by molar-refractivity contribution is 7.80. The van der Waals surface area contributed by atoms with Crippen LogP contribution in [0.5, 0.6) is 5.75 Å². The molecule has 0 spiro atoms. The summed E-state index contributed by atoms with van der Waals surface area (Å²) in [6.45, 7) is 4.00. The van der Waals surface area contributed by atoms with Crippen molar-refractivity contribution in [2.45, 2.75) is 25.9 Å². The molecule has 5 rings (SSSR count). The zero-order chi connectivity index (χ0) is 25.4. The predicted octanol–water partition coefficient (Wildman–Crippen LogP) is 5.58. The molecule has 4 aromatic rings. The number of hydrogen-bond donors (Lipinski definition) is 1. The number of nitrogens with one attached hydrogen (secondary N) is 1. The first-order chi connectivity index (χ1) is 17.4. The summed E-state index contributed by atoms with van der Waals surface area (Å²) in [7, 11) is 1.56. The van der Waals surface area contributed by atoms with Gasteiger partial charge in [-0.3, -0.25) is 15.1 Å².